The van der Waals surface area contributed by atoms with Crippen LogP contribution in [-0.4, -0.2) is 104 Å². The lowest BCUT2D eigenvalue weighted by Crippen LogP contribution is -2.64. The first kappa shape index (κ1) is 62.9. The highest BCUT2D eigenvalue weighted by molar-refractivity contribution is 7.90. The molecule has 6 atom stereocenters. The van der Waals surface area contributed by atoms with Crippen LogP contribution in [0.2, 0.25) is 20.1 Å². The number of rotatable bonds is 19. The molecule has 93 heavy (non-hydrogen) atoms. The first-order chi connectivity index (χ1) is 44.4. The van der Waals surface area contributed by atoms with Crippen LogP contribution in [0.25, 0.3) is 42.9 Å². The Morgan fingerprint density at radius 3 is 1.65 bits per heavy atom. The van der Waals surface area contributed by atoms with E-state index in [1.54, 1.807) is 60.7 Å². The van der Waals surface area contributed by atoms with Gasteiger partial charge in [-0.3, -0.25) is 9.59 Å². The molecule has 17 rings (SSSR count). The van der Waals surface area contributed by atoms with Gasteiger partial charge in [-0.05, 0) is 147 Å². The number of anilines is 2. The van der Waals surface area contributed by atoms with Gasteiger partial charge in [-0.15, -0.1) is 0 Å². The molecule has 4 aliphatic heterocycles. The lowest BCUT2D eigenvalue weighted by atomic mass is 9.77. The summed E-state index contributed by atoms with van der Waals surface area (Å²) in [6.45, 7) is 7.12. The fourth-order valence-corrected chi connectivity index (χ4v) is 19.2. The molecule has 4 aromatic heterocycles. The number of hydrogen-bond acceptors (Lipinski definition) is 18. The van der Waals surface area contributed by atoms with Gasteiger partial charge in [0, 0.05) is 109 Å². The van der Waals surface area contributed by atoms with Gasteiger partial charge in [-0.25, -0.2) is 27.8 Å². The van der Waals surface area contributed by atoms with Crippen molar-refractivity contribution in [3.8, 4) is 22.5 Å². The number of piperidine rings is 2. The zero-order valence-electron chi connectivity index (χ0n) is 51.2. The van der Waals surface area contributed by atoms with Gasteiger partial charge in [-0.1, -0.05) is 124 Å². The molecule has 9 aromatic rings. The number of halogens is 4. The van der Waals surface area contributed by atoms with Crippen LogP contribution in [0.3, 0.4) is 0 Å². The monoisotopic (exact) mass is 1410 g/mol. The van der Waals surface area contributed by atoms with Crippen molar-refractivity contribution in [3.63, 3.8) is 0 Å². The Hall–Kier alpha value is -6.22. The molecule has 5 aromatic carbocycles. The second kappa shape index (κ2) is 23.9. The van der Waals surface area contributed by atoms with Crippen LogP contribution >= 0.6 is 69.1 Å². The molecule has 484 valence electrons. The van der Waals surface area contributed by atoms with Crippen LogP contribution in [0.4, 0.5) is 10.3 Å². The highest BCUT2D eigenvalue weighted by atomic mass is 35.5. The van der Waals surface area contributed by atoms with Crippen molar-refractivity contribution in [2.75, 3.05) is 23.9 Å². The summed E-state index contributed by atoms with van der Waals surface area (Å²) in [4.78, 5) is 41.0. The second-order valence-corrected chi connectivity index (χ2v) is 33.9. The minimum atomic E-state index is -4.11. The van der Waals surface area contributed by atoms with Crippen LogP contribution in [0.5, 0.6) is 0 Å². The third-order valence-electron chi connectivity index (χ3n) is 19.4. The number of benzene rings is 5. The molecular formula is C66H65Cl4N11O8S4. The maximum Gasteiger partial charge on any atom is 0.303 e. The average Bonchev–Trinajstić information content (AvgIpc) is 1.45. The van der Waals surface area contributed by atoms with Crippen LogP contribution in [0.1, 0.15) is 151 Å². The largest absolute Gasteiger partial charge is 0.360 e. The van der Waals surface area contributed by atoms with Gasteiger partial charge in [0.1, 0.15) is 22.9 Å². The number of carbonyl (C=O) groups excluding carboxylic acids is 2. The molecule has 8 fully saturated rings. The van der Waals surface area contributed by atoms with E-state index in [-0.39, 0.29) is 75.4 Å². The van der Waals surface area contributed by atoms with Crippen molar-refractivity contribution in [3.05, 3.63) is 156 Å². The number of thiazole rings is 2. The molecule has 4 N–H and O–H groups in total. The normalized spacial score (nSPS) is 22.7. The molecule has 8 heterocycles. The van der Waals surface area contributed by atoms with Gasteiger partial charge in [-0.2, -0.15) is 12.7 Å². The zero-order valence-corrected chi connectivity index (χ0v) is 57.5. The number of nitrogens with zero attached hydrogens (tertiary/aromatic N) is 7. The van der Waals surface area contributed by atoms with Crippen LogP contribution in [-0.2, 0) is 38.7 Å². The Labute approximate surface area is 566 Å². The van der Waals surface area contributed by atoms with Crippen LogP contribution in [0, 0.1) is 0 Å². The van der Waals surface area contributed by atoms with Gasteiger partial charge in [0.2, 0.25) is 0 Å². The molecule has 6 unspecified atom stereocenters. The number of fused-ring (bicyclic) bond motifs is 6. The minimum Gasteiger partial charge on any atom is -0.360 e. The highest BCUT2D eigenvalue weighted by Gasteiger charge is 2.50. The topological polar surface area (TPSA) is 238 Å². The summed E-state index contributed by atoms with van der Waals surface area (Å²) in [6, 6.07) is 27.5. The Morgan fingerprint density at radius 2 is 1.12 bits per heavy atom. The van der Waals surface area contributed by atoms with E-state index in [1.807, 2.05) is 18.2 Å². The zero-order chi connectivity index (χ0) is 64.7. The smallest absolute Gasteiger partial charge is 0.303 e. The number of nitrogens with one attached hydrogen (secondary N) is 4. The molecule has 4 aliphatic carbocycles. The standard InChI is InChI=1S/C66H65Cl4N11O8S4/c1-66(2,3)35-13-15-42(16-14-35)92(84,85)77-62(82)33-11-19-51-53(21-33)90-64(73-51)81-40-25-37(26-41(81)28-40)72-31-47-58(55-48(67)7-6-8-49(55)68)75-89-61(47)45-29-44(45)43-17-18-50(69)56(57(43)70)59-46(60(88-76-59)32-9-10-32)30-71-36-23-38-27-39(24-36)80(38)65-74-52-20-12-34(22-54(52)91-65)63(83)78-93(86,87)79(4)5/h6-8,11-22,32,36-41,44-45,71-72H,9-10,23-31H2,1-5H3,(H,77,82)(H,78,83). The van der Waals surface area contributed by atoms with E-state index in [0.29, 0.717) is 55.7 Å². The maximum atomic E-state index is 13.4. The van der Waals surface area contributed by atoms with Crippen molar-refractivity contribution >= 4 is 132 Å². The van der Waals surface area contributed by atoms with Gasteiger partial charge in [0.15, 0.2) is 10.3 Å². The van der Waals surface area contributed by atoms with Crippen molar-refractivity contribution in [1.82, 2.24) is 44.7 Å². The van der Waals surface area contributed by atoms with Gasteiger partial charge in [0.05, 0.1) is 45.4 Å². The highest BCUT2D eigenvalue weighted by Crippen LogP contribution is 2.60. The molecule has 27 heteroatoms. The predicted octanol–water partition coefficient (Wildman–Crippen LogP) is 13.7. The second-order valence-electron chi connectivity index (χ2n) is 26.7. The van der Waals surface area contributed by atoms with E-state index in [4.69, 9.17) is 75.7 Å². The van der Waals surface area contributed by atoms with Crippen LogP contribution in [0.15, 0.2) is 105 Å². The molecule has 4 bridgehead atoms. The van der Waals surface area contributed by atoms with Crippen LogP contribution < -0.4 is 29.9 Å². The molecule has 0 spiro atoms. The van der Waals surface area contributed by atoms with Gasteiger partial charge >= 0.3 is 10.2 Å². The summed E-state index contributed by atoms with van der Waals surface area (Å²) < 4.78 is 70.8. The number of aromatic nitrogens is 4. The molecule has 19 nitrogen and oxygen atoms in total. The summed E-state index contributed by atoms with van der Waals surface area (Å²) in [5.41, 5.74) is 8.05. The fraction of sp³-hybridized carbons (Fsp3) is 0.394. The van der Waals surface area contributed by atoms with Gasteiger partial charge < -0.3 is 29.5 Å². The Bertz CT molecular complexity index is 4690. The van der Waals surface area contributed by atoms with E-state index < -0.39 is 32.0 Å². The Morgan fingerprint density at radius 1 is 0.613 bits per heavy atom. The lowest BCUT2D eigenvalue weighted by Gasteiger charge is -2.55. The fourth-order valence-electron chi connectivity index (χ4n) is 14.1. The van der Waals surface area contributed by atoms with E-state index in [9.17, 15) is 26.4 Å². The summed E-state index contributed by atoms with van der Waals surface area (Å²) in [7, 11) is -5.33. The summed E-state index contributed by atoms with van der Waals surface area (Å²) in [5, 5.41) is 20.9. The molecule has 0 radical (unpaired) electrons. The quantitative estimate of drug-likeness (QED) is 0.0589. The first-order valence-corrected chi connectivity index (χ1v) is 37.2. The average molecular weight is 1410 g/mol. The molecule has 4 saturated carbocycles. The predicted molar refractivity (Wildman–Crippen MR) is 364 cm³/mol. The summed E-state index contributed by atoms with van der Waals surface area (Å²) in [6.07, 6.45) is 8.38. The Kier molecular flexibility index (Phi) is 16.1. The van der Waals surface area contributed by atoms with Crippen molar-refractivity contribution in [2.24, 2.45) is 0 Å². The van der Waals surface area contributed by atoms with Crippen molar-refractivity contribution in [2.45, 2.75) is 156 Å². The summed E-state index contributed by atoms with van der Waals surface area (Å²) in [5.74, 6) is 0.382. The van der Waals surface area contributed by atoms with E-state index in [1.165, 1.54) is 48.9 Å². The number of carbonyl (C=O) groups is 2. The number of amides is 2. The maximum absolute atomic E-state index is 13.4. The molecular weight excluding hydrogens is 1340 g/mol. The molecule has 4 saturated heterocycles. The summed E-state index contributed by atoms with van der Waals surface area (Å²) >= 11 is 31.6. The van der Waals surface area contributed by atoms with Crippen molar-refractivity contribution in [1.29, 1.82) is 0 Å². The third kappa shape index (κ3) is 11.8. The molecule has 8 aliphatic rings. The number of sulfonamides is 1. The van der Waals surface area contributed by atoms with Gasteiger partial charge in [0.25, 0.3) is 21.8 Å². The first-order valence-electron chi connectivity index (χ1n) is 31.1. The van der Waals surface area contributed by atoms with E-state index in [2.05, 4.69) is 50.6 Å². The lowest BCUT2D eigenvalue weighted by molar-refractivity contribution is 0.0971. The van der Waals surface area contributed by atoms with E-state index >= 15 is 0 Å². The molecule has 2 amide bonds. The van der Waals surface area contributed by atoms with Crippen molar-refractivity contribution < 1.29 is 35.5 Å². The third-order valence-corrected chi connectivity index (χ3v) is 25.5. The number of hydrogen-bond donors (Lipinski definition) is 4. The Balaban J connectivity index is 0.616. The van der Waals surface area contributed by atoms with E-state index in [0.717, 1.165) is 127 Å². The minimum absolute atomic E-state index is 0.0205. The SMILES string of the molecule is CN(C)S(=O)(=O)NC(=O)c1ccc2nc(N3C4CC(NCc5c(-c6c(Cl)ccc(C7CC7c7onc(-c8c(Cl)cccc8Cl)c7CNC7CC8CC(C7)N8c7nc8ccc(C(=O)NS(=O)(=O)c9ccc(C(C)(C)C)cc9)cc8s7)c6Cl)noc5C5CC5)CC3C4)sc2c1.